The van der Waals surface area contributed by atoms with E-state index in [0.29, 0.717) is 5.56 Å². The Morgan fingerprint density at radius 3 is 1.94 bits per heavy atom. The molecule has 3 amide bonds. The minimum Gasteiger partial charge on any atom is -0.508 e. The van der Waals surface area contributed by atoms with Crippen molar-refractivity contribution in [1.82, 2.24) is 16.0 Å². The molecule has 8 N–H and O–H groups in total. The van der Waals surface area contributed by atoms with E-state index in [2.05, 4.69) is 28.6 Å². The maximum absolute atomic E-state index is 12.7. The summed E-state index contributed by atoms with van der Waals surface area (Å²) < 4.78 is 0. The Kier molecular flexibility index (Phi) is 11.7. The van der Waals surface area contributed by atoms with E-state index in [-0.39, 0.29) is 30.3 Å². The Bertz CT molecular complexity index is 819. The van der Waals surface area contributed by atoms with Gasteiger partial charge in [-0.15, -0.1) is 0 Å². The van der Waals surface area contributed by atoms with E-state index in [4.69, 9.17) is 5.73 Å². The van der Waals surface area contributed by atoms with Gasteiger partial charge >= 0.3 is 5.97 Å². The first-order valence-corrected chi connectivity index (χ1v) is 11.0. The molecule has 0 aromatic heterocycles. The van der Waals surface area contributed by atoms with Crippen molar-refractivity contribution < 1.29 is 34.5 Å². The van der Waals surface area contributed by atoms with Gasteiger partial charge in [-0.1, -0.05) is 26.0 Å². The molecule has 0 saturated heterocycles. The summed E-state index contributed by atoms with van der Waals surface area (Å²) >= 11 is 3.95. The van der Waals surface area contributed by atoms with Crippen molar-refractivity contribution >= 4 is 36.3 Å². The minimum atomic E-state index is -1.44. The molecule has 0 saturated carbocycles. The van der Waals surface area contributed by atoms with E-state index in [9.17, 15) is 34.5 Å². The smallest absolute Gasteiger partial charge is 0.326 e. The summed E-state index contributed by atoms with van der Waals surface area (Å²) in [7, 11) is 0. The van der Waals surface area contributed by atoms with Gasteiger partial charge in [0.1, 0.15) is 23.9 Å². The SMILES string of the molecule is CC(C)CC(NC(=O)C(N)CS)C(=O)NC(CO)C(=O)NC(Cc1ccc(O)cc1)C(=O)O. The first-order chi connectivity index (χ1) is 15.5. The number of carbonyl (C=O) groups is 4. The van der Waals surface area contributed by atoms with Gasteiger partial charge in [0.15, 0.2) is 0 Å². The molecule has 0 spiro atoms. The molecule has 4 atom stereocenters. The summed E-state index contributed by atoms with van der Waals surface area (Å²) in [5, 5.41) is 35.6. The molecule has 0 heterocycles. The second-order valence-electron chi connectivity index (χ2n) is 7.99. The number of carbonyl (C=O) groups excluding carboxylic acids is 3. The van der Waals surface area contributed by atoms with Crippen LogP contribution in [-0.2, 0) is 25.6 Å². The highest BCUT2D eigenvalue weighted by Gasteiger charge is 2.30. The summed E-state index contributed by atoms with van der Waals surface area (Å²) in [4.78, 5) is 49.0. The van der Waals surface area contributed by atoms with Crippen molar-refractivity contribution in [2.24, 2.45) is 11.7 Å². The normalized spacial score (nSPS) is 14.6. The largest absolute Gasteiger partial charge is 0.508 e. The Morgan fingerprint density at radius 1 is 0.939 bits per heavy atom. The van der Waals surface area contributed by atoms with Crippen LogP contribution in [0.2, 0.25) is 0 Å². The second-order valence-corrected chi connectivity index (χ2v) is 8.36. The van der Waals surface area contributed by atoms with Gasteiger partial charge in [0.2, 0.25) is 17.7 Å². The van der Waals surface area contributed by atoms with Crippen LogP contribution in [0.1, 0.15) is 25.8 Å². The molecule has 11 nitrogen and oxygen atoms in total. The molecule has 0 aliphatic heterocycles. The van der Waals surface area contributed by atoms with E-state index in [1.165, 1.54) is 24.3 Å². The number of nitrogens with two attached hydrogens (primary N) is 1. The van der Waals surface area contributed by atoms with Crippen molar-refractivity contribution in [3.8, 4) is 5.75 Å². The molecule has 0 radical (unpaired) electrons. The number of phenolic OH excluding ortho intramolecular Hbond substituents is 1. The number of aliphatic hydroxyl groups excluding tert-OH is 1. The maximum atomic E-state index is 12.7. The third-order valence-electron chi connectivity index (χ3n) is 4.68. The highest BCUT2D eigenvalue weighted by atomic mass is 32.1. The van der Waals surface area contributed by atoms with Gasteiger partial charge in [-0.2, -0.15) is 12.6 Å². The summed E-state index contributed by atoms with van der Waals surface area (Å²) in [6.45, 7) is 2.88. The average Bonchev–Trinajstić information content (AvgIpc) is 2.76. The molecule has 184 valence electrons. The molecule has 1 aromatic carbocycles. The highest BCUT2D eigenvalue weighted by molar-refractivity contribution is 7.80. The molecule has 33 heavy (non-hydrogen) atoms. The van der Waals surface area contributed by atoms with Gasteiger partial charge in [0, 0.05) is 12.2 Å². The number of hydrogen-bond donors (Lipinski definition) is 8. The third-order valence-corrected chi connectivity index (χ3v) is 5.07. The van der Waals surface area contributed by atoms with Crippen LogP contribution >= 0.6 is 12.6 Å². The van der Waals surface area contributed by atoms with Crippen LogP contribution < -0.4 is 21.7 Å². The van der Waals surface area contributed by atoms with Crippen molar-refractivity contribution in [2.45, 2.75) is 50.9 Å². The topological polar surface area (TPSA) is 191 Å². The number of benzene rings is 1. The van der Waals surface area contributed by atoms with Crippen LogP contribution in [0.15, 0.2) is 24.3 Å². The van der Waals surface area contributed by atoms with Gasteiger partial charge in [0.05, 0.1) is 12.6 Å². The molecular formula is C21H32N4O7S. The molecule has 0 aliphatic carbocycles. The lowest BCUT2D eigenvalue weighted by Gasteiger charge is -2.25. The second kappa shape index (κ2) is 13.7. The quantitative estimate of drug-likeness (QED) is 0.160. The Morgan fingerprint density at radius 2 is 1.45 bits per heavy atom. The maximum Gasteiger partial charge on any atom is 0.326 e. The van der Waals surface area contributed by atoms with Crippen molar-refractivity contribution in [3.05, 3.63) is 29.8 Å². The van der Waals surface area contributed by atoms with Crippen molar-refractivity contribution in [3.63, 3.8) is 0 Å². The van der Waals surface area contributed by atoms with Crippen LogP contribution in [0.25, 0.3) is 0 Å². The number of aliphatic hydroxyl groups is 1. The molecule has 0 bridgehead atoms. The molecule has 1 rings (SSSR count). The predicted octanol–water partition coefficient (Wildman–Crippen LogP) is -1.23. The van der Waals surface area contributed by atoms with E-state index in [0.717, 1.165) is 0 Å². The lowest BCUT2D eigenvalue weighted by Crippen LogP contribution is -2.58. The van der Waals surface area contributed by atoms with Crippen LogP contribution in [0, 0.1) is 5.92 Å². The van der Waals surface area contributed by atoms with Gasteiger partial charge in [-0.3, -0.25) is 14.4 Å². The first-order valence-electron chi connectivity index (χ1n) is 10.4. The monoisotopic (exact) mass is 484 g/mol. The number of aliphatic carboxylic acids is 1. The standard InChI is InChI=1S/C21H32N4O7S/c1-11(2)7-15(23-18(28)14(22)10-33)19(29)25-17(9-26)20(30)24-16(21(31)32)8-12-3-5-13(27)6-4-12/h3-6,11,14-17,26-27,33H,7-10,22H2,1-2H3,(H,23,28)(H,24,30)(H,25,29)(H,31,32). The lowest BCUT2D eigenvalue weighted by atomic mass is 10.0. The average molecular weight is 485 g/mol. The number of amides is 3. The van der Waals surface area contributed by atoms with Crippen LogP contribution in [0.4, 0.5) is 0 Å². The zero-order chi connectivity index (χ0) is 25.1. The van der Waals surface area contributed by atoms with E-state index >= 15 is 0 Å². The summed E-state index contributed by atoms with van der Waals surface area (Å²) in [5.74, 6) is -3.43. The first kappa shape index (κ1) is 28.2. The van der Waals surface area contributed by atoms with Crippen LogP contribution in [0.3, 0.4) is 0 Å². The fourth-order valence-corrected chi connectivity index (χ4v) is 3.04. The zero-order valence-corrected chi connectivity index (χ0v) is 19.4. The van der Waals surface area contributed by atoms with Gasteiger partial charge < -0.3 is 37.0 Å². The van der Waals surface area contributed by atoms with Gasteiger partial charge in [-0.05, 0) is 30.0 Å². The molecular weight excluding hydrogens is 452 g/mol. The molecule has 12 heteroatoms. The summed E-state index contributed by atoms with van der Waals surface area (Å²) in [6, 6.07) is 1.07. The van der Waals surface area contributed by atoms with Gasteiger partial charge in [0.25, 0.3) is 0 Å². The number of hydrogen-bond acceptors (Lipinski definition) is 8. The highest BCUT2D eigenvalue weighted by Crippen LogP contribution is 2.12. The number of rotatable bonds is 13. The molecule has 0 fully saturated rings. The summed E-state index contributed by atoms with van der Waals surface area (Å²) in [5.41, 5.74) is 6.18. The Hall–Kier alpha value is -2.83. The lowest BCUT2D eigenvalue weighted by molar-refractivity contribution is -0.142. The minimum absolute atomic E-state index is 0.0103. The molecule has 4 unspecified atom stereocenters. The third kappa shape index (κ3) is 9.68. The van der Waals surface area contributed by atoms with E-state index in [1.807, 2.05) is 13.8 Å². The predicted molar refractivity (Wildman–Crippen MR) is 124 cm³/mol. The number of carboxylic acids is 1. The fourth-order valence-electron chi connectivity index (χ4n) is 2.87. The number of aromatic hydroxyl groups is 1. The zero-order valence-electron chi connectivity index (χ0n) is 18.5. The number of thiol groups is 1. The fraction of sp³-hybridized carbons (Fsp3) is 0.524. The van der Waals surface area contributed by atoms with E-state index < -0.39 is 54.5 Å². The Labute approximate surface area is 197 Å². The number of nitrogens with one attached hydrogen (secondary N) is 3. The van der Waals surface area contributed by atoms with E-state index in [1.54, 1.807) is 0 Å². The number of phenols is 1. The molecule has 1 aromatic rings. The van der Waals surface area contributed by atoms with Crippen LogP contribution in [-0.4, -0.2) is 75.5 Å². The molecule has 0 aliphatic rings. The van der Waals surface area contributed by atoms with Crippen molar-refractivity contribution in [1.29, 1.82) is 0 Å². The number of carboxylic acid groups (broad SMARTS) is 1. The van der Waals surface area contributed by atoms with Crippen LogP contribution in [0.5, 0.6) is 5.75 Å². The van der Waals surface area contributed by atoms with Gasteiger partial charge in [-0.25, -0.2) is 4.79 Å². The van der Waals surface area contributed by atoms with Crippen molar-refractivity contribution in [2.75, 3.05) is 12.4 Å². The Balaban J connectivity index is 2.87. The summed E-state index contributed by atoms with van der Waals surface area (Å²) in [6.07, 6.45) is 0.163.